The molecular weight excluding hydrogens is 394 g/mol. The van der Waals surface area contributed by atoms with Gasteiger partial charge in [0.15, 0.2) is 5.78 Å². The Bertz CT molecular complexity index is 1090. The van der Waals surface area contributed by atoms with Crippen molar-refractivity contribution in [3.8, 4) is 11.8 Å². The van der Waals surface area contributed by atoms with Gasteiger partial charge in [0, 0.05) is 23.6 Å². The summed E-state index contributed by atoms with van der Waals surface area (Å²) in [6, 6.07) is 18.1. The number of Topliss-reactive ketones (excluding diaryl/α,β-unsaturated/α-hetero) is 1. The summed E-state index contributed by atoms with van der Waals surface area (Å²) in [4.78, 5) is 41.2. The number of carbonyl (C=O) groups is 3. The third-order valence-corrected chi connectivity index (χ3v) is 4.60. The van der Waals surface area contributed by atoms with E-state index in [0.29, 0.717) is 23.1 Å². The number of carbonyl (C=O) groups excluding carboxylic acids is 3. The Hall–Kier alpha value is -3.80. The Balaban J connectivity index is 1.73. The van der Waals surface area contributed by atoms with Crippen molar-refractivity contribution in [1.29, 1.82) is 0 Å². The fourth-order valence-corrected chi connectivity index (χ4v) is 2.83. The predicted molar refractivity (Wildman–Crippen MR) is 116 cm³/mol. The Morgan fingerprint density at radius 2 is 1.48 bits per heavy atom. The van der Waals surface area contributed by atoms with E-state index in [1.54, 1.807) is 61.5 Å². The van der Waals surface area contributed by atoms with Crippen LogP contribution in [0.2, 0.25) is 0 Å². The molecule has 0 atom stereocenters. The second-order valence-corrected chi connectivity index (χ2v) is 7.02. The summed E-state index contributed by atoms with van der Waals surface area (Å²) in [6.45, 7) is 3.74. The van der Waals surface area contributed by atoms with Crippen molar-refractivity contribution in [3.05, 3.63) is 89.0 Å². The quantitative estimate of drug-likeness (QED) is 0.370. The van der Waals surface area contributed by atoms with Gasteiger partial charge in [-0.1, -0.05) is 43.7 Å². The van der Waals surface area contributed by atoms with Crippen molar-refractivity contribution < 1.29 is 23.9 Å². The smallest absolute Gasteiger partial charge is 0.344 e. The molecule has 1 heterocycles. The molecule has 0 aliphatic rings. The van der Waals surface area contributed by atoms with Crippen LogP contribution in [0.3, 0.4) is 0 Å². The van der Waals surface area contributed by atoms with E-state index in [0.717, 1.165) is 12.8 Å². The van der Waals surface area contributed by atoms with Crippen LogP contribution in [0, 0.1) is 6.92 Å². The lowest BCUT2D eigenvalue weighted by Crippen LogP contribution is -2.13. The molecule has 0 saturated heterocycles. The van der Waals surface area contributed by atoms with Gasteiger partial charge in [0.2, 0.25) is 11.8 Å². The van der Waals surface area contributed by atoms with Crippen LogP contribution in [0.4, 0.5) is 0 Å². The normalized spacial score (nSPS) is 10.4. The average molecular weight is 417 g/mol. The zero-order valence-electron chi connectivity index (χ0n) is 17.5. The molecule has 0 aliphatic heterocycles. The monoisotopic (exact) mass is 417 g/mol. The lowest BCUT2D eigenvalue weighted by atomic mass is 10.0. The van der Waals surface area contributed by atoms with Crippen LogP contribution in [-0.4, -0.2) is 22.7 Å². The second-order valence-electron chi connectivity index (χ2n) is 7.02. The summed E-state index contributed by atoms with van der Waals surface area (Å²) in [5.74, 6) is -1.17. The number of esters is 2. The maximum absolute atomic E-state index is 12.6. The second kappa shape index (κ2) is 10.3. The molecule has 6 nitrogen and oxygen atoms in total. The minimum absolute atomic E-state index is 0.0133. The van der Waals surface area contributed by atoms with E-state index in [1.165, 1.54) is 12.1 Å². The number of pyridine rings is 1. The van der Waals surface area contributed by atoms with Gasteiger partial charge in [-0.05, 0) is 43.7 Å². The SMILES string of the molecule is CCCCC(=O)c1cccc(C(=O)Oc2nc(OC(=O)c3ccccc3)ccc2C)c1. The van der Waals surface area contributed by atoms with Crippen molar-refractivity contribution in [3.63, 3.8) is 0 Å². The summed E-state index contributed by atoms with van der Waals surface area (Å²) < 4.78 is 10.7. The molecule has 0 bridgehead atoms. The highest BCUT2D eigenvalue weighted by Gasteiger charge is 2.16. The molecule has 0 fully saturated rings. The molecule has 6 heteroatoms. The number of benzene rings is 2. The number of ketones is 1. The van der Waals surface area contributed by atoms with Crippen molar-refractivity contribution in [1.82, 2.24) is 4.98 Å². The largest absolute Gasteiger partial charge is 0.404 e. The molecule has 0 aliphatic carbocycles. The first-order valence-corrected chi connectivity index (χ1v) is 10.1. The Kier molecular flexibility index (Phi) is 7.27. The van der Waals surface area contributed by atoms with Crippen LogP contribution in [0.25, 0.3) is 0 Å². The number of aryl methyl sites for hydroxylation is 1. The van der Waals surface area contributed by atoms with Gasteiger partial charge in [-0.25, -0.2) is 9.59 Å². The molecule has 158 valence electrons. The van der Waals surface area contributed by atoms with E-state index >= 15 is 0 Å². The van der Waals surface area contributed by atoms with Crippen molar-refractivity contribution in [2.75, 3.05) is 0 Å². The van der Waals surface area contributed by atoms with Crippen molar-refractivity contribution in [2.24, 2.45) is 0 Å². The third kappa shape index (κ3) is 5.85. The molecule has 31 heavy (non-hydrogen) atoms. The molecule has 3 aromatic rings. The zero-order chi connectivity index (χ0) is 22.2. The molecular formula is C25H23NO5. The molecule has 0 unspecified atom stereocenters. The van der Waals surface area contributed by atoms with Crippen LogP contribution in [0.15, 0.2) is 66.7 Å². The van der Waals surface area contributed by atoms with Gasteiger partial charge in [-0.15, -0.1) is 0 Å². The van der Waals surface area contributed by atoms with Crippen molar-refractivity contribution >= 4 is 17.7 Å². The van der Waals surface area contributed by atoms with E-state index in [9.17, 15) is 14.4 Å². The highest BCUT2D eigenvalue weighted by molar-refractivity contribution is 5.99. The van der Waals surface area contributed by atoms with E-state index < -0.39 is 11.9 Å². The van der Waals surface area contributed by atoms with Gasteiger partial charge in [0.05, 0.1) is 11.1 Å². The maximum Gasteiger partial charge on any atom is 0.344 e. The Morgan fingerprint density at radius 1 is 0.806 bits per heavy atom. The fraction of sp³-hybridized carbons (Fsp3) is 0.200. The standard InChI is InChI=1S/C25H23NO5/c1-3-4-13-21(27)19-11-8-12-20(16-19)25(29)31-23-17(2)14-15-22(26-23)30-24(28)18-9-6-5-7-10-18/h5-12,14-16H,3-4,13H2,1-2H3. The van der Waals surface area contributed by atoms with Crippen LogP contribution in [-0.2, 0) is 0 Å². The number of unbranched alkanes of at least 4 members (excludes halogenated alkanes) is 1. The minimum atomic E-state index is -0.646. The number of ether oxygens (including phenoxy) is 2. The molecule has 0 amide bonds. The number of nitrogens with zero attached hydrogens (tertiary/aromatic N) is 1. The van der Waals surface area contributed by atoms with Gasteiger partial charge in [-0.3, -0.25) is 4.79 Å². The van der Waals surface area contributed by atoms with Gasteiger partial charge in [0.1, 0.15) is 0 Å². The maximum atomic E-state index is 12.6. The summed E-state index contributed by atoms with van der Waals surface area (Å²) in [5, 5.41) is 0. The van der Waals surface area contributed by atoms with Gasteiger partial charge >= 0.3 is 11.9 Å². The Morgan fingerprint density at radius 3 is 2.23 bits per heavy atom. The Labute approximate surface area is 180 Å². The summed E-state index contributed by atoms with van der Waals surface area (Å²) >= 11 is 0. The van der Waals surface area contributed by atoms with Crippen LogP contribution in [0.5, 0.6) is 11.8 Å². The number of rotatable bonds is 8. The molecule has 2 aromatic carbocycles. The van der Waals surface area contributed by atoms with Crippen LogP contribution < -0.4 is 9.47 Å². The zero-order valence-corrected chi connectivity index (χ0v) is 17.5. The van der Waals surface area contributed by atoms with E-state index in [1.807, 2.05) is 6.92 Å². The fourth-order valence-electron chi connectivity index (χ4n) is 2.83. The van der Waals surface area contributed by atoms with Crippen LogP contribution >= 0.6 is 0 Å². The van der Waals surface area contributed by atoms with Crippen LogP contribution in [0.1, 0.15) is 62.8 Å². The summed E-state index contributed by atoms with van der Waals surface area (Å²) in [6.07, 6.45) is 2.15. The summed E-state index contributed by atoms with van der Waals surface area (Å²) in [7, 11) is 0. The highest BCUT2D eigenvalue weighted by atomic mass is 16.6. The number of hydrogen-bond acceptors (Lipinski definition) is 6. The molecule has 1 aromatic heterocycles. The topological polar surface area (TPSA) is 82.6 Å². The highest BCUT2D eigenvalue weighted by Crippen LogP contribution is 2.21. The molecule has 0 N–H and O–H groups in total. The van der Waals surface area contributed by atoms with E-state index in [2.05, 4.69) is 4.98 Å². The first-order chi connectivity index (χ1) is 15.0. The lowest BCUT2D eigenvalue weighted by Gasteiger charge is -2.09. The predicted octanol–water partition coefficient (Wildman–Crippen LogP) is 5.20. The number of hydrogen-bond donors (Lipinski definition) is 0. The lowest BCUT2D eigenvalue weighted by molar-refractivity contribution is 0.0716. The average Bonchev–Trinajstić information content (AvgIpc) is 2.80. The van der Waals surface area contributed by atoms with E-state index in [-0.39, 0.29) is 23.1 Å². The van der Waals surface area contributed by atoms with E-state index in [4.69, 9.17) is 9.47 Å². The molecule has 0 spiro atoms. The molecule has 3 rings (SSSR count). The third-order valence-electron chi connectivity index (χ3n) is 4.60. The van der Waals surface area contributed by atoms with Gasteiger partial charge < -0.3 is 9.47 Å². The first-order valence-electron chi connectivity index (χ1n) is 10.1. The van der Waals surface area contributed by atoms with Crippen molar-refractivity contribution in [2.45, 2.75) is 33.1 Å². The molecule has 0 saturated carbocycles. The van der Waals surface area contributed by atoms with Gasteiger partial charge in [0.25, 0.3) is 0 Å². The minimum Gasteiger partial charge on any atom is -0.404 e. The number of aromatic nitrogens is 1. The molecule has 0 radical (unpaired) electrons. The van der Waals surface area contributed by atoms with Gasteiger partial charge in [-0.2, -0.15) is 4.98 Å². The first kappa shape index (κ1) is 21.9. The summed E-state index contributed by atoms with van der Waals surface area (Å²) in [5.41, 5.74) is 1.70.